The number of halogens is 1. The molecule has 0 aliphatic carbocycles. The number of rotatable bonds is 4. The van der Waals surface area contributed by atoms with Crippen molar-refractivity contribution in [1.82, 2.24) is 5.32 Å². The van der Waals surface area contributed by atoms with Gasteiger partial charge in [-0.05, 0) is 44.9 Å². The van der Waals surface area contributed by atoms with Crippen LogP contribution in [0.2, 0.25) is 0 Å². The van der Waals surface area contributed by atoms with Crippen molar-refractivity contribution < 1.29 is 9.21 Å². The van der Waals surface area contributed by atoms with E-state index in [0.717, 1.165) is 34.1 Å². The number of aryl methyl sites for hydroxylation is 3. The first-order chi connectivity index (χ1) is 9.06. The lowest BCUT2D eigenvalue weighted by molar-refractivity contribution is 0.0927. The van der Waals surface area contributed by atoms with Crippen LogP contribution in [0.25, 0.3) is 11.0 Å². The predicted molar refractivity (Wildman–Crippen MR) is 83.7 cm³/mol. The van der Waals surface area contributed by atoms with E-state index in [1.807, 2.05) is 26.8 Å². The fraction of sp³-hybridized carbons (Fsp3) is 0.400. The van der Waals surface area contributed by atoms with Crippen LogP contribution in [0, 0.1) is 20.8 Å². The number of carbonyl (C=O) groups excluding carboxylic acids is 1. The number of fused-ring (bicyclic) bond motifs is 1. The molecule has 0 unspecified atom stereocenters. The molecule has 0 bridgehead atoms. The summed E-state index contributed by atoms with van der Waals surface area (Å²) in [4.78, 5) is 12.1. The maximum absolute atomic E-state index is 12.1. The molecule has 0 aliphatic rings. The molecule has 1 heterocycles. The van der Waals surface area contributed by atoms with Crippen LogP contribution in [0.4, 0.5) is 0 Å². The Kier molecular flexibility index (Phi) is 5.60. The van der Waals surface area contributed by atoms with E-state index in [9.17, 15) is 4.79 Å². The number of benzene rings is 1. The van der Waals surface area contributed by atoms with E-state index in [2.05, 4.69) is 11.4 Å². The zero-order valence-electron chi connectivity index (χ0n) is 12.1. The van der Waals surface area contributed by atoms with Crippen LogP contribution in [0.5, 0.6) is 0 Å². The van der Waals surface area contributed by atoms with Gasteiger partial charge in [0, 0.05) is 17.5 Å². The summed E-state index contributed by atoms with van der Waals surface area (Å²) in [6.45, 7) is 7.08. The van der Waals surface area contributed by atoms with Gasteiger partial charge in [0.15, 0.2) is 5.76 Å². The molecule has 0 atom stereocenters. The van der Waals surface area contributed by atoms with Gasteiger partial charge < -0.3 is 15.5 Å². The van der Waals surface area contributed by atoms with E-state index < -0.39 is 0 Å². The molecule has 0 radical (unpaired) electrons. The number of nitrogens with two attached hydrogens (primary N) is 1. The summed E-state index contributed by atoms with van der Waals surface area (Å²) < 4.78 is 5.76. The second-order valence-electron chi connectivity index (χ2n) is 4.86. The molecule has 4 nitrogen and oxygen atoms in total. The molecule has 0 saturated carbocycles. The number of amides is 1. The standard InChI is InChI=1S/C15H20N2O2.ClH/c1-9-5-6-10(2)13-12(9)11(3)14(19-13)15(18)17-8-4-7-16;/h5-6H,4,7-8,16H2,1-3H3,(H,17,18);1H. The molecule has 1 amide bonds. The van der Waals surface area contributed by atoms with Crippen LogP contribution >= 0.6 is 12.4 Å². The Bertz CT molecular complexity index is 620. The third-order valence-electron chi connectivity index (χ3n) is 3.36. The van der Waals surface area contributed by atoms with Crippen LogP contribution in [0.1, 0.15) is 33.7 Å². The van der Waals surface area contributed by atoms with Gasteiger partial charge >= 0.3 is 0 Å². The molecule has 1 aromatic carbocycles. The molecule has 0 spiro atoms. The van der Waals surface area contributed by atoms with E-state index in [1.165, 1.54) is 0 Å². The monoisotopic (exact) mass is 296 g/mol. The summed E-state index contributed by atoms with van der Waals surface area (Å²) in [6.07, 6.45) is 0.767. The largest absolute Gasteiger partial charge is 0.450 e. The van der Waals surface area contributed by atoms with Crippen molar-refractivity contribution in [3.05, 3.63) is 34.6 Å². The minimum atomic E-state index is -0.166. The number of furan rings is 1. The SMILES string of the molecule is Cc1ccc(C)c2c(C)c(C(=O)NCCCN)oc12.Cl. The van der Waals surface area contributed by atoms with Crippen molar-refractivity contribution in [1.29, 1.82) is 0 Å². The number of carbonyl (C=O) groups is 1. The molecule has 110 valence electrons. The van der Waals surface area contributed by atoms with E-state index in [-0.39, 0.29) is 18.3 Å². The van der Waals surface area contributed by atoms with Gasteiger partial charge in [0.25, 0.3) is 5.91 Å². The van der Waals surface area contributed by atoms with Crippen molar-refractivity contribution in [3.63, 3.8) is 0 Å². The highest BCUT2D eigenvalue weighted by molar-refractivity contribution is 6.00. The smallest absolute Gasteiger partial charge is 0.287 e. The molecule has 1 aromatic heterocycles. The first-order valence-electron chi connectivity index (χ1n) is 6.53. The Morgan fingerprint density at radius 2 is 1.90 bits per heavy atom. The first kappa shape index (κ1) is 16.5. The molecule has 5 heteroatoms. The summed E-state index contributed by atoms with van der Waals surface area (Å²) in [5, 5.41) is 3.87. The van der Waals surface area contributed by atoms with Gasteiger partial charge in [-0.3, -0.25) is 4.79 Å². The molecular formula is C15H21ClN2O2. The number of hydrogen-bond acceptors (Lipinski definition) is 3. The van der Waals surface area contributed by atoms with Crippen molar-refractivity contribution in [2.45, 2.75) is 27.2 Å². The predicted octanol–water partition coefficient (Wildman–Crippen LogP) is 2.86. The molecule has 0 fully saturated rings. The molecule has 20 heavy (non-hydrogen) atoms. The van der Waals surface area contributed by atoms with Crippen molar-refractivity contribution >= 4 is 29.3 Å². The zero-order chi connectivity index (χ0) is 14.0. The molecule has 2 aromatic rings. The van der Waals surface area contributed by atoms with Crippen molar-refractivity contribution in [3.8, 4) is 0 Å². The van der Waals surface area contributed by atoms with Gasteiger partial charge in [-0.25, -0.2) is 0 Å². The van der Waals surface area contributed by atoms with E-state index in [0.29, 0.717) is 18.8 Å². The minimum Gasteiger partial charge on any atom is -0.450 e. The average Bonchev–Trinajstić information content (AvgIpc) is 2.73. The van der Waals surface area contributed by atoms with Crippen LogP contribution in [-0.4, -0.2) is 19.0 Å². The highest BCUT2D eigenvalue weighted by Crippen LogP contribution is 2.30. The van der Waals surface area contributed by atoms with Gasteiger partial charge in [-0.15, -0.1) is 12.4 Å². The fourth-order valence-electron chi connectivity index (χ4n) is 2.28. The third kappa shape index (κ3) is 2.97. The Balaban J connectivity index is 0.00000200. The second kappa shape index (κ2) is 6.77. The van der Waals surface area contributed by atoms with Crippen LogP contribution < -0.4 is 11.1 Å². The lowest BCUT2D eigenvalue weighted by atomic mass is 10.0. The van der Waals surface area contributed by atoms with Crippen LogP contribution in [-0.2, 0) is 0 Å². The van der Waals surface area contributed by atoms with Crippen LogP contribution in [0.3, 0.4) is 0 Å². The van der Waals surface area contributed by atoms with Gasteiger partial charge in [0.1, 0.15) is 5.58 Å². The molecule has 0 saturated heterocycles. The maximum Gasteiger partial charge on any atom is 0.287 e. The highest BCUT2D eigenvalue weighted by Gasteiger charge is 2.19. The van der Waals surface area contributed by atoms with Gasteiger partial charge in [0.05, 0.1) is 0 Å². The number of nitrogens with one attached hydrogen (secondary N) is 1. The summed E-state index contributed by atoms with van der Waals surface area (Å²) in [7, 11) is 0. The lowest BCUT2D eigenvalue weighted by Gasteiger charge is -2.02. The normalized spacial score (nSPS) is 10.4. The minimum absolute atomic E-state index is 0. The Labute approximate surface area is 125 Å². The molecule has 3 N–H and O–H groups in total. The van der Waals surface area contributed by atoms with Gasteiger partial charge in [-0.1, -0.05) is 12.1 Å². The van der Waals surface area contributed by atoms with E-state index in [1.54, 1.807) is 0 Å². The van der Waals surface area contributed by atoms with Crippen LogP contribution in [0.15, 0.2) is 16.5 Å². The van der Waals surface area contributed by atoms with Gasteiger partial charge in [0.2, 0.25) is 0 Å². The number of hydrogen-bond donors (Lipinski definition) is 2. The van der Waals surface area contributed by atoms with Crippen molar-refractivity contribution in [2.24, 2.45) is 5.73 Å². The fourth-order valence-corrected chi connectivity index (χ4v) is 2.28. The Morgan fingerprint density at radius 1 is 1.25 bits per heavy atom. The molecular weight excluding hydrogens is 276 g/mol. The zero-order valence-corrected chi connectivity index (χ0v) is 12.9. The third-order valence-corrected chi connectivity index (χ3v) is 3.36. The Hall–Kier alpha value is -1.52. The Morgan fingerprint density at radius 3 is 2.50 bits per heavy atom. The van der Waals surface area contributed by atoms with E-state index in [4.69, 9.17) is 10.2 Å². The summed E-state index contributed by atoms with van der Waals surface area (Å²) in [6, 6.07) is 4.06. The highest BCUT2D eigenvalue weighted by atomic mass is 35.5. The second-order valence-corrected chi connectivity index (χ2v) is 4.86. The van der Waals surface area contributed by atoms with Gasteiger partial charge in [-0.2, -0.15) is 0 Å². The summed E-state index contributed by atoms with van der Waals surface area (Å²) >= 11 is 0. The lowest BCUT2D eigenvalue weighted by Crippen LogP contribution is -2.26. The maximum atomic E-state index is 12.1. The summed E-state index contributed by atoms with van der Waals surface area (Å²) in [5.41, 5.74) is 9.29. The quantitative estimate of drug-likeness (QED) is 0.853. The summed E-state index contributed by atoms with van der Waals surface area (Å²) in [5.74, 6) is 0.241. The average molecular weight is 297 g/mol. The molecule has 2 rings (SSSR count). The van der Waals surface area contributed by atoms with E-state index >= 15 is 0 Å². The van der Waals surface area contributed by atoms with Crippen molar-refractivity contribution in [2.75, 3.05) is 13.1 Å². The topological polar surface area (TPSA) is 68.3 Å². The molecule has 0 aliphatic heterocycles. The first-order valence-corrected chi connectivity index (χ1v) is 6.53.